The molecule has 0 atom stereocenters. The van der Waals surface area contributed by atoms with Crippen molar-refractivity contribution in [1.82, 2.24) is 25.3 Å². The standard InChI is InChI=1S/C18H19ClN8O4S2/c19-11-3-1-10(2-4-11)16(31)26-27-13(24-25-18(27)33-9-14(28)23-20)7-12-8-32-17(22-12)21-6-5-15(29)30/h1-4,8H,5-7,9,20H2,(H,21,22)(H,23,28)(H,26,31)(H,29,30). The van der Waals surface area contributed by atoms with E-state index in [0.717, 1.165) is 11.8 Å². The Hall–Kier alpha value is -3.20. The first-order valence-corrected chi connectivity index (χ1v) is 11.6. The molecule has 0 aliphatic heterocycles. The summed E-state index contributed by atoms with van der Waals surface area (Å²) in [6.45, 7) is 0.250. The van der Waals surface area contributed by atoms with Crippen molar-refractivity contribution < 1.29 is 19.5 Å². The summed E-state index contributed by atoms with van der Waals surface area (Å²) in [5.41, 5.74) is 5.77. The lowest BCUT2D eigenvalue weighted by Crippen LogP contribution is -2.32. The fourth-order valence-corrected chi connectivity index (χ4v) is 4.05. The predicted molar refractivity (Wildman–Crippen MR) is 124 cm³/mol. The number of amides is 2. The van der Waals surface area contributed by atoms with Gasteiger partial charge in [-0.2, -0.15) is 0 Å². The summed E-state index contributed by atoms with van der Waals surface area (Å²) in [6.07, 6.45) is 0.200. The zero-order valence-electron chi connectivity index (χ0n) is 16.9. The lowest BCUT2D eigenvalue weighted by molar-refractivity contribution is -0.136. The number of carbonyl (C=O) groups excluding carboxylic acids is 2. The van der Waals surface area contributed by atoms with Crippen molar-refractivity contribution in [3.8, 4) is 0 Å². The Bertz CT molecular complexity index is 1130. The molecule has 33 heavy (non-hydrogen) atoms. The van der Waals surface area contributed by atoms with Crippen LogP contribution in [0.3, 0.4) is 0 Å². The van der Waals surface area contributed by atoms with E-state index in [1.165, 1.54) is 16.0 Å². The Morgan fingerprint density at radius 1 is 1.21 bits per heavy atom. The monoisotopic (exact) mass is 510 g/mol. The van der Waals surface area contributed by atoms with Gasteiger partial charge in [0.25, 0.3) is 5.91 Å². The zero-order chi connectivity index (χ0) is 23.8. The number of anilines is 1. The zero-order valence-corrected chi connectivity index (χ0v) is 19.3. The maximum atomic E-state index is 12.7. The molecule has 0 saturated carbocycles. The third kappa shape index (κ3) is 7.15. The average Bonchev–Trinajstić information content (AvgIpc) is 3.39. The van der Waals surface area contributed by atoms with E-state index in [2.05, 4.69) is 25.9 Å². The number of aromatic nitrogens is 4. The number of benzene rings is 1. The molecular weight excluding hydrogens is 492 g/mol. The Kier molecular flexibility index (Phi) is 8.59. The lowest BCUT2D eigenvalue weighted by atomic mass is 10.2. The molecule has 0 bridgehead atoms. The topological polar surface area (TPSA) is 177 Å². The van der Waals surface area contributed by atoms with E-state index >= 15 is 0 Å². The van der Waals surface area contributed by atoms with E-state index in [9.17, 15) is 14.4 Å². The molecule has 3 aromatic rings. The molecule has 174 valence electrons. The van der Waals surface area contributed by atoms with Crippen molar-refractivity contribution in [3.63, 3.8) is 0 Å². The molecule has 0 radical (unpaired) electrons. The van der Waals surface area contributed by atoms with E-state index in [1.807, 2.05) is 5.43 Å². The molecule has 0 aliphatic carbocycles. The molecule has 6 N–H and O–H groups in total. The molecule has 2 amide bonds. The fourth-order valence-electron chi connectivity index (χ4n) is 2.47. The minimum Gasteiger partial charge on any atom is -0.481 e. The summed E-state index contributed by atoms with van der Waals surface area (Å²) in [6, 6.07) is 6.34. The van der Waals surface area contributed by atoms with E-state index in [-0.39, 0.29) is 30.3 Å². The maximum absolute atomic E-state index is 12.7. The van der Waals surface area contributed by atoms with Crippen LogP contribution in [0.2, 0.25) is 5.02 Å². The molecule has 2 aromatic heterocycles. The number of rotatable bonds is 11. The molecule has 0 fully saturated rings. The maximum Gasteiger partial charge on any atom is 0.305 e. The van der Waals surface area contributed by atoms with Crippen molar-refractivity contribution in [2.45, 2.75) is 18.0 Å². The number of nitrogens with one attached hydrogen (secondary N) is 3. The van der Waals surface area contributed by atoms with Gasteiger partial charge in [0.15, 0.2) is 11.0 Å². The highest BCUT2D eigenvalue weighted by Crippen LogP contribution is 2.21. The Balaban J connectivity index is 1.77. The van der Waals surface area contributed by atoms with Crippen LogP contribution in [0, 0.1) is 0 Å². The second-order valence-electron chi connectivity index (χ2n) is 6.43. The molecule has 0 unspecified atom stereocenters. The first kappa shape index (κ1) is 24.4. The van der Waals surface area contributed by atoms with Gasteiger partial charge in [-0.1, -0.05) is 23.4 Å². The normalized spacial score (nSPS) is 10.6. The number of hydrogen-bond acceptors (Lipinski definition) is 10. The summed E-state index contributed by atoms with van der Waals surface area (Å²) >= 11 is 8.25. The summed E-state index contributed by atoms with van der Waals surface area (Å²) in [5.74, 6) is 3.73. The van der Waals surface area contributed by atoms with Crippen LogP contribution >= 0.6 is 34.7 Å². The van der Waals surface area contributed by atoms with Crippen LogP contribution in [0.25, 0.3) is 0 Å². The summed E-state index contributed by atoms with van der Waals surface area (Å²) in [5, 5.41) is 23.0. The highest BCUT2D eigenvalue weighted by Gasteiger charge is 2.18. The van der Waals surface area contributed by atoms with Gasteiger partial charge in [0, 0.05) is 22.5 Å². The largest absolute Gasteiger partial charge is 0.481 e. The molecule has 0 aliphatic rings. The van der Waals surface area contributed by atoms with E-state index < -0.39 is 17.8 Å². The average molecular weight is 511 g/mol. The number of aliphatic carboxylic acids is 1. The summed E-state index contributed by atoms with van der Waals surface area (Å²) < 4.78 is 1.39. The molecule has 0 spiro atoms. The highest BCUT2D eigenvalue weighted by atomic mass is 35.5. The Morgan fingerprint density at radius 2 is 1.97 bits per heavy atom. The van der Waals surface area contributed by atoms with Crippen LogP contribution in [-0.2, 0) is 16.0 Å². The van der Waals surface area contributed by atoms with Crippen molar-refractivity contribution in [2.75, 3.05) is 23.0 Å². The minimum absolute atomic E-state index is 0.0280. The van der Waals surface area contributed by atoms with Gasteiger partial charge in [-0.25, -0.2) is 15.5 Å². The second-order valence-corrected chi connectivity index (χ2v) is 8.67. The molecule has 2 heterocycles. The number of hydrazine groups is 1. The smallest absolute Gasteiger partial charge is 0.305 e. The van der Waals surface area contributed by atoms with Crippen molar-refractivity contribution >= 4 is 57.6 Å². The van der Waals surface area contributed by atoms with Gasteiger partial charge in [0.05, 0.1) is 24.3 Å². The van der Waals surface area contributed by atoms with Crippen LogP contribution in [-0.4, -0.2) is 55.0 Å². The number of nitrogens with two attached hydrogens (primary N) is 1. The fraction of sp³-hybridized carbons (Fsp3) is 0.222. The SMILES string of the molecule is NNC(=O)CSc1nnc(Cc2csc(NCCC(=O)O)n2)n1NC(=O)c1ccc(Cl)cc1. The van der Waals surface area contributed by atoms with Crippen LogP contribution in [0.15, 0.2) is 34.8 Å². The molecule has 0 saturated heterocycles. The van der Waals surface area contributed by atoms with Gasteiger partial charge in [-0.15, -0.1) is 21.5 Å². The number of halogens is 1. The quantitative estimate of drug-likeness (QED) is 0.109. The van der Waals surface area contributed by atoms with Gasteiger partial charge in [-0.3, -0.25) is 25.2 Å². The number of carboxylic acid groups (broad SMARTS) is 1. The first-order chi connectivity index (χ1) is 15.9. The number of nitrogens with zero attached hydrogens (tertiary/aromatic N) is 4. The Labute approximate surface area is 200 Å². The van der Waals surface area contributed by atoms with Gasteiger partial charge in [-0.05, 0) is 24.3 Å². The van der Waals surface area contributed by atoms with Crippen LogP contribution in [0.1, 0.15) is 28.3 Å². The number of thioether (sulfide) groups is 1. The summed E-state index contributed by atoms with van der Waals surface area (Å²) in [4.78, 5) is 39.3. The molecule has 3 rings (SSSR count). The number of hydrogen-bond donors (Lipinski definition) is 5. The van der Waals surface area contributed by atoms with Gasteiger partial charge < -0.3 is 10.4 Å². The molecular formula is C18H19ClN8O4S2. The number of carboxylic acids is 1. The molecule has 1 aromatic carbocycles. The third-order valence-corrected chi connectivity index (χ3v) is 6.05. The van der Waals surface area contributed by atoms with Crippen LogP contribution in [0.4, 0.5) is 5.13 Å². The highest BCUT2D eigenvalue weighted by molar-refractivity contribution is 7.99. The Morgan fingerprint density at radius 3 is 2.67 bits per heavy atom. The van der Waals surface area contributed by atoms with Crippen molar-refractivity contribution in [1.29, 1.82) is 0 Å². The van der Waals surface area contributed by atoms with E-state index in [4.69, 9.17) is 22.6 Å². The third-order valence-electron chi connectivity index (χ3n) is 4.02. The van der Waals surface area contributed by atoms with Gasteiger partial charge >= 0.3 is 5.97 Å². The predicted octanol–water partition coefficient (Wildman–Crippen LogP) is 1.33. The minimum atomic E-state index is -0.905. The first-order valence-electron chi connectivity index (χ1n) is 9.39. The van der Waals surface area contributed by atoms with Gasteiger partial charge in [0.2, 0.25) is 11.1 Å². The number of thiazole rings is 1. The molecule has 12 nitrogen and oxygen atoms in total. The van der Waals surface area contributed by atoms with E-state index in [0.29, 0.717) is 27.2 Å². The molecule has 15 heteroatoms. The van der Waals surface area contributed by atoms with Gasteiger partial charge in [0.1, 0.15) is 0 Å². The lowest BCUT2D eigenvalue weighted by Gasteiger charge is -2.11. The van der Waals surface area contributed by atoms with E-state index in [1.54, 1.807) is 29.6 Å². The van der Waals surface area contributed by atoms with Crippen molar-refractivity contribution in [2.24, 2.45) is 5.84 Å². The second kappa shape index (κ2) is 11.6. The van der Waals surface area contributed by atoms with Crippen LogP contribution in [0.5, 0.6) is 0 Å². The van der Waals surface area contributed by atoms with Crippen molar-refractivity contribution in [3.05, 3.63) is 51.7 Å². The van der Waals surface area contributed by atoms with Crippen LogP contribution < -0.4 is 22.0 Å². The summed E-state index contributed by atoms with van der Waals surface area (Å²) in [7, 11) is 0. The number of carbonyl (C=O) groups is 3.